The smallest absolute Gasteiger partial charge is 0.237 e. The Hall–Kier alpha value is -2.31. The Morgan fingerprint density at radius 1 is 1.28 bits per heavy atom. The fourth-order valence-electron chi connectivity index (χ4n) is 4.95. The van der Waals surface area contributed by atoms with Gasteiger partial charge >= 0.3 is 0 Å². The first-order valence-corrected chi connectivity index (χ1v) is 14.5. The first-order valence-electron chi connectivity index (χ1n) is 12.9. The molecule has 208 valence electrons. The Labute approximate surface area is 241 Å². The molecule has 1 fully saturated rings. The van der Waals surface area contributed by atoms with Crippen molar-refractivity contribution >= 4 is 46.4 Å². The molecule has 9 nitrogen and oxygen atoms in total. The number of nitrogens with one attached hydrogen (secondary N) is 2. The monoisotopic (exact) mass is 591 g/mol. The molecule has 2 aliphatic rings. The predicted octanol–water partition coefficient (Wildman–Crippen LogP) is 4.19. The summed E-state index contributed by atoms with van der Waals surface area (Å²) in [4.78, 5) is 25.8. The Balaban J connectivity index is 1.30. The van der Waals surface area contributed by atoms with Crippen molar-refractivity contribution in [3.05, 3.63) is 62.6 Å². The highest BCUT2D eigenvalue weighted by Crippen LogP contribution is 2.41. The Morgan fingerprint density at radius 2 is 2.08 bits per heavy atom. The van der Waals surface area contributed by atoms with Crippen molar-refractivity contribution in [1.82, 2.24) is 20.2 Å². The third-order valence-electron chi connectivity index (χ3n) is 7.19. The van der Waals surface area contributed by atoms with Crippen LogP contribution in [0.1, 0.15) is 48.0 Å². The van der Waals surface area contributed by atoms with Gasteiger partial charge in [0.15, 0.2) is 0 Å². The molecule has 5 rings (SSSR count). The molecule has 4 N–H and O–H groups in total. The number of amides is 1. The number of hydrogen-bond acceptors (Lipinski definition) is 9. The fourth-order valence-corrected chi connectivity index (χ4v) is 6.57. The van der Waals surface area contributed by atoms with E-state index in [1.54, 1.807) is 53.6 Å². The van der Waals surface area contributed by atoms with E-state index >= 15 is 0 Å². The van der Waals surface area contributed by atoms with E-state index in [9.17, 15) is 15.0 Å². The Kier molecular flexibility index (Phi) is 9.02. The van der Waals surface area contributed by atoms with Gasteiger partial charge in [0.25, 0.3) is 0 Å². The molecule has 12 heteroatoms. The molecule has 3 aromatic rings. The second kappa shape index (κ2) is 12.5. The molecule has 0 bridgehead atoms. The van der Waals surface area contributed by atoms with E-state index < -0.39 is 18.3 Å². The Bertz CT molecular complexity index is 1320. The average molecular weight is 593 g/mol. The van der Waals surface area contributed by atoms with Gasteiger partial charge in [0, 0.05) is 41.3 Å². The van der Waals surface area contributed by atoms with Gasteiger partial charge in [0.2, 0.25) is 11.9 Å². The molecule has 3 atom stereocenters. The standard InChI is InChI=1S/C27H31Cl2N5O4S/c1-15(25(36)32-21(14-35)16-3-2-4-17(28)11-16)34-8-5-22-19(26(34)37)12-23(39-22)24-20(29)13-30-27(33-24)31-18-6-9-38-10-7-18/h2-4,11-13,15,18,21,26,35,37H,5-10,14H2,1H3,(H,32,36)(H,30,31,33)/t15-,21+,26?/m0/s1. The predicted molar refractivity (Wildman–Crippen MR) is 152 cm³/mol. The zero-order valence-corrected chi connectivity index (χ0v) is 23.8. The SMILES string of the molecule is C[C@@H](C(=O)N[C@H](CO)c1cccc(Cl)c1)N1CCc2sc(-c3nc(NC4CCOCC4)ncc3Cl)cc2C1O. The molecule has 4 heterocycles. The summed E-state index contributed by atoms with van der Waals surface area (Å²) in [5.74, 6) is 0.216. The van der Waals surface area contributed by atoms with Crippen LogP contribution in [0.25, 0.3) is 10.6 Å². The largest absolute Gasteiger partial charge is 0.394 e. The van der Waals surface area contributed by atoms with E-state index in [4.69, 9.17) is 27.9 Å². The highest BCUT2D eigenvalue weighted by atomic mass is 35.5. The van der Waals surface area contributed by atoms with E-state index in [-0.39, 0.29) is 18.6 Å². The molecule has 2 aromatic heterocycles. The summed E-state index contributed by atoms with van der Waals surface area (Å²) in [5.41, 5.74) is 2.06. The normalized spacial score (nSPS) is 19.8. The minimum absolute atomic E-state index is 0.247. The second-order valence-electron chi connectivity index (χ2n) is 9.75. The van der Waals surface area contributed by atoms with Crippen LogP contribution in [0.2, 0.25) is 10.0 Å². The number of ether oxygens (including phenoxy) is 1. The number of aliphatic hydroxyl groups excluding tert-OH is 2. The number of thiophene rings is 1. The van der Waals surface area contributed by atoms with Gasteiger partial charge in [-0.3, -0.25) is 9.69 Å². The molecular weight excluding hydrogens is 561 g/mol. The summed E-state index contributed by atoms with van der Waals surface area (Å²) in [6.07, 6.45) is 3.07. The maximum atomic E-state index is 13.1. The number of halogens is 2. The minimum atomic E-state index is -0.973. The van der Waals surface area contributed by atoms with E-state index in [1.165, 1.54) is 0 Å². The summed E-state index contributed by atoms with van der Waals surface area (Å²) < 4.78 is 5.43. The van der Waals surface area contributed by atoms with Crippen molar-refractivity contribution in [2.45, 2.75) is 50.5 Å². The lowest BCUT2D eigenvalue weighted by Crippen LogP contribution is -2.50. The number of carbonyl (C=O) groups is 1. The van der Waals surface area contributed by atoms with Gasteiger partial charge in [-0.1, -0.05) is 35.3 Å². The minimum Gasteiger partial charge on any atom is -0.394 e. The number of rotatable bonds is 8. The van der Waals surface area contributed by atoms with Crippen LogP contribution in [0, 0.1) is 0 Å². The number of hydrogen-bond donors (Lipinski definition) is 4. The van der Waals surface area contributed by atoms with E-state index in [0.29, 0.717) is 53.4 Å². The van der Waals surface area contributed by atoms with Crippen molar-refractivity contribution < 1.29 is 19.7 Å². The van der Waals surface area contributed by atoms with Crippen LogP contribution in [-0.2, 0) is 16.0 Å². The van der Waals surface area contributed by atoms with Gasteiger partial charge in [-0.05, 0) is 49.9 Å². The van der Waals surface area contributed by atoms with Crippen molar-refractivity contribution in [2.24, 2.45) is 0 Å². The highest BCUT2D eigenvalue weighted by molar-refractivity contribution is 7.15. The van der Waals surface area contributed by atoms with Gasteiger partial charge < -0.3 is 25.6 Å². The average Bonchev–Trinajstić information content (AvgIpc) is 3.38. The van der Waals surface area contributed by atoms with Gasteiger partial charge in [-0.25, -0.2) is 9.97 Å². The van der Waals surface area contributed by atoms with Crippen molar-refractivity contribution in [3.8, 4) is 10.6 Å². The van der Waals surface area contributed by atoms with Crippen molar-refractivity contribution in [1.29, 1.82) is 0 Å². The molecule has 1 aromatic carbocycles. The van der Waals surface area contributed by atoms with Gasteiger partial charge in [0.05, 0.1) is 34.8 Å². The molecule has 1 amide bonds. The number of fused-ring (bicyclic) bond motifs is 1. The van der Waals surface area contributed by atoms with Crippen molar-refractivity contribution in [3.63, 3.8) is 0 Å². The number of nitrogens with zero attached hydrogens (tertiary/aromatic N) is 3. The fraction of sp³-hybridized carbons (Fsp3) is 0.444. The molecule has 1 unspecified atom stereocenters. The lowest BCUT2D eigenvalue weighted by molar-refractivity contribution is -0.132. The summed E-state index contributed by atoms with van der Waals surface area (Å²) >= 11 is 14.1. The van der Waals surface area contributed by atoms with Crippen LogP contribution >= 0.6 is 34.5 Å². The molecule has 0 spiro atoms. The van der Waals surface area contributed by atoms with Crippen LogP contribution in [-0.4, -0.2) is 69.4 Å². The van der Waals surface area contributed by atoms with Gasteiger partial charge in [-0.15, -0.1) is 11.3 Å². The lowest BCUT2D eigenvalue weighted by Gasteiger charge is -2.36. The van der Waals surface area contributed by atoms with Gasteiger partial charge in [0.1, 0.15) is 11.9 Å². The molecule has 1 saturated heterocycles. The third-order valence-corrected chi connectivity index (χ3v) is 8.92. The lowest BCUT2D eigenvalue weighted by atomic mass is 10.0. The summed E-state index contributed by atoms with van der Waals surface area (Å²) in [6, 6.07) is 7.93. The van der Waals surface area contributed by atoms with E-state index in [1.807, 2.05) is 6.07 Å². The van der Waals surface area contributed by atoms with Gasteiger partial charge in [-0.2, -0.15) is 0 Å². The number of aromatic nitrogens is 2. The van der Waals surface area contributed by atoms with Crippen molar-refractivity contribution in [2.75, 3.05) is 31.7 Å². The first kappa shape index (κ1) is 28.2. The van der Waals surface area contributed by atoms with E-state index in [2.05, 4.69) is 20.6 Å². The summed E-state index contributed by atoms with van der Waals surface area (Å²) in [7, 11) is 0. The Morgan fingerprint density at radius 3 is 2.82 bits per heavy atom. The quantitative estimate of drug-likeness (QED) is 0.308. The molecule has 2 aliphatic heterocycles. The topological polar surface area (TPSA) is 120 Å². The molecule has 0 aliphatic carbocycles. The molecule has 0 radical (unpaired) electrons. The van der Waals surface area contributed by atoms with Crippen LogP contribution in [0.3, 0.4) is 0 Å². The van der Waals surface area contributed by atoms with Crippen LogP contribution < -0.4 is 10.6 Å². The van der Waals surface area contributed by atoms with Crippen LogP contribution in [0.4, 0.5) is 5.95 Å². The van der Waals surface area contributed by atoms with Crippen LogP contribution in [0.5, 0.6) is 0 Å². The number of aliphatic hydroxyl groups is 2. The zero-order chi connectivity index (χ0) is 27.5. The summed E-state index contributed by atoms with van der Waals surface area (Å²) in [6.45, 7) is 3.39. The summed E-state index contributed by atoms with van der Waals surface area (Å²) in [5, 5.41) is 28.4. The number of anilines is 1. The van der Waals surface area contributed by atoms with E-state index in [0.717, 1.165) is 28.2 Å². The number of carbonyl (C=O) groups excluding carboxylic acids is 1. The molecular formula is C27H31Cl2N5O4S. The van der Waals surface area contributed by atoms with Crippen LogP contribution in [0.15, 0.2) is 36.5 Å². The third kappa shape index (κ3) is 6.38. The molecule has 39 heavy (non-hydrogen) atoms. The second-order valence-corrected chi connectivity index (χ2v) is 11.7. The maximum Gasteiger partial charge on any atom is 0.237 e. The highest BCUT2D eigenvalue weighted by Gasteiger charge is 2.35. The zero-order valence-electron chi connectivity index (χ0n) is 21.4. The molecule has 0 saturated carbocycles. The maximum absolute atomic E-state index is 13.1. The number of benzene rings is 1. The first-order chi connectivity index (χ1) is 18.8.